The second-order valence-corrected chi connectivity index (χ2v) is 4.11. The molecule has 1 rings (SSSR count). The highest BCUT2D eigenvalue weighted by Crippen LogP contribution is 2.21. The maximum absolute atomic E-state index is 9.46. The van der Waals surface area contributed by atoms with Crippen LogP contribution >= 0.6 is 0 Å². The third-order valence-corrected chi connectivity index (χ3v) is 2.80. The van der Waals surface area contributed by atoms with E-state index in [9.17, 15) is 5.11 Å². The van der Waals surface area contributed by atoms with Crippen molar-refractivity contribution in [2.75, 3.05) is 27.2 Å². The van der Waals surface area contributed by atoms with Gasteiger partial charge in [-0.25, -0.2) is 0 Å². The number of hydrogen-bond donors (Lipinski definition) is 2. The first-order chi connectivity index (χ1) is 6.63. The molecule has 0 bridgehead atoms. The molecule has 0 amide bonds. The molecule has 3 atom stereocenters. The molecule has 4 nitrogen and oxygen atoms in total. The van der Waals surface area contributed by atoms with E-state index in [1.165, 1.54) is 0 Å². The first-order valence-electron chi connectivity index (χ1n) is 5.32. The minimum Gasteiger partial charge on any atom is -0.368 e. The van der Waals surface area contributed by atoms with Crippen LogP contribution in [0.4, 0.5) is 0 Å². The fourth-order valence-electron chi connectivity index (χ4n) is 1.92. The Balaban J connectivity index is 2.34. The summed E-state index contributed by atoms with van der Waals surface area (Å²) in [5.41, 5.74) is 0. The van der Waals surface area contributed by atoms with Crippen molar-refractivity contribution in [3.8, 4) is 0 Å². The monoisotopic (exact) mass is 202 g/mol. The second kappa shape index (κ2) is 5.66. The SMILES string of the molecule is CNCCN(C)C1CC(C)OC(O)C1. The molecule has 1 aliphatic heterocycles. The number of aliphatic hydroxyl groups excluding tert-OH is 1. The van der Waals surface area contributed by atoms with Gasteiger partial charge in [-0.2, -0.15) is 0 Å². The van der Waals surface area contributed by atoms with Crippen LogP contribution in [0.25, 0.3) is 0 Å². The zero-order chi connectivity index (χ0) is 10.6. The third kappa shape index (κ3) is 3.53. The first kappa shape index (κ1) is 11.9. The summed E-state index contributed by atoms with van der Waals surface area (Å²) in [6.45, 7) is 4.01. The molecule has 1 aliphatic rings. The minimum absolute atomic E-state index is 0.167. The average molecular weight is 202 g/mol. The lowest BCUT2D eigenvalue weighted by molar-refractivity contribution is -0.173. The number of nitrogens with zero attached hydrogens (tertiary/aromatic N) is 1. The number of likely N-dealkylation sites (N-methyl/N-ethyl adjacent to an activating group) is 2. The number of ether oxygens (including phenoxy) is 1. The van der Waals surface area contributed by atoms with E-state index >= 15 is 0 Å². The lowest BCUT2D eigenvalue weighted by atomic mass is 10.0. The van der Waals surface area contributed by atoms with Gasteiger partial charge >= 0.3 is 0 Å². The van der Waals surface area contributed by atoms with Crippen molar-refractivity contribution in [1.82, 2.24) is 10.2 Å². The van der Waals surface area contributed by atoms with Gasteiger partial charge in [0.1, 0.15) is 0 Å². The minimum atomic E-state index is -0.583. The molecular formula is C10H22N2O2. The van der Waals surface area contributed by atoms with Gasteiger partial charge in [-0.05, 0) is 27.4 Å². The van der Waals surface area contributed by atoms with Crippen LogP contribution in [0.1, 0.15) is 19.8 Å². The fourth-order valence-corrected chi connectivity index (χ4v) is 1.92. The van der Waals surface area contributed by atoms with Crippen molar-refractivity contribution in [3.63, 3.8) is 0 Å². The highest BCUT2D eigenvalue weighted by atomic mass is 16.6. The number of hydrogen-bond acceptors (Lipinski definition) is 4. The topological polar surface area (TPSA) is 44.7 Å². The Bertz CT molecular complexity index is 156. The molecule has 14 heavy (non-hydrogen) atoms. The van der Waals surface area contributed by atoms with Crippen molar-refractivity contribution in [2.45, 2.75) is 38.2 Å². The molecule has 3 unspecified atom stereocenters. The van der Waals surface area contributed by atoms with Crippen LogP contribution in [0.2, 0.25) is 0 Å². The Morgan fingerprint density at radius 1 is 1.50 bits per heavy atom. The van der Waals surface area contributed by atoms with Gasteiger partial charge in [-0.1, -0.05) is 0 Å². The summed E-state index contributed by atoms with van der Waals surface area (Å²) in [6.07, 6.45) is 1.32. The van der Waals surface area contributed by atoms with Crippen LogP contribution < -0.4 is 5.32 Å². The summed E-state index contributed by atoms with van der Waals surface area (Å²) in [5.74, 6) is 0. The van der Waals surface area contributed by atoms with Gasteiger partial charge in [0, 0.05) is 25.6 Å². The van der Waals surface area contributed by atoms with Gasteiger partial charge in [0.15, 0.2) is 6.29 Å². The molecule has 4 heteroatoms. The summed E-state index contributed by atoms with van der Waals surface area (Å²) in [6, 6.07) is 0.446. The Morgan fingerprint density at radius 2 is 2.21 bits per heavy atom. The fraction of sp³-hybridized carbons (Fsp3) is 1.00. The summed E-state index contributed by atoms with van der Waals surface area (Å²) >= 11 is 0. The molecule has 84 valence electrons. The van der Waals surface area contributed by atoms with Gasteiger partial charge < -0.3 is 20.1 Å². The lowest BCUT2D eigenvalue weighted by Crippen LogP contribution is -2.44. The van der Waals surface area contributed by atoms with Gasteiger partial charge in [0.25, 0.3) is 0 Å². The summed E-state index contributed by atoms with van der Waals surface area (Å²) in [5, 5.41) is 12.6. The van der Waals surface area contributed by atoms with Crippen LogP contribution in [0.5, 0.6) is 0 Å². The normalized spacial score (nSPS) is 33.6. The van der Waals surface area contributed by atoms with Crippen molar-refractivity contribution in [1.29, 1.82) is 0 Å². The maximum Gasteiger partial charge on any atom is 0.156 e. The predicted octanol–water partition coefficient (Wildman–Crippen LogP) is 0.0235. The number of rotatable bonds is 4. The largest absolute Gasteiger partial charge is 0.368 e. The molecule has 0 saturated carbocycles. The van der Waals surface area contributed by atoms with Gasteiger partial charge in [0.05, 0.1) is 6.10 Å². The molecule has 0 aromatic rings. The van der Waals surface area contributed by atoms with E-state index in [0.29, 0.717) is 6.04 Å². The zero-order valence-electron chi connectivity index (χ0n) is 9.36. The van der Waals surface area contributed by atoms with Crippen LogP contribution in [-0.2, 0) is 4.74 Å². The quantitative estimate of drug-likeness (QED) is 0.675. The van der Waals surface area contributed by atoms with Crippen LogP contribution in [0.15, 0.2) is 0 Å². The van der Waals surface area contributed by atoms with E-state index in [2.05, 4.69) is 17.3 Å². The average Bonchev–Trinajstić information content (AvgIpc) is 2.12. The Hall–Kier alpha value is -0.160. The summed E-state index contributed by atoms with van der Waals surface area (Å²) in [4.78, 5) is 2.29. The molecule has 0 radical (unpaired) electrons. The molecular weight excluding hydrogens is 180 g/mol. The molecule has 0 aliphatic carbocycles. The number of nitrogens with one attached hydrogen (secondary N) is 1. The van der Waals surface area contributed by atoms with Gasteiger partial charge in [-0.15, -0.1) is 0 Å². The maximum atomic E-state index is 9.46. The Kier molecular flexibility index (Phi) is 4.81. The van der Waals surface area contributed by atoms with E-state index in [0.717, 1.165) is 25.9 Å². The van der Waals surface area contributed by atoms with E-state index < -0.39 is 6.29 Å². The molecule has 2 N–H and O–H groups in total. The summed E-state index contributed by atoms with van der Waals surface area (Å²) in [7, 11) is 4.06. The summed E-state index contributed by atoms with van der Waals surface area (Å²) < 4.78 is 5.28. The molecule has 0 spiro atoms. The first-order valence-corrected chi connectivity index (χ1v) is 5.32. The molecule has 0 aromatic heterocycles. The van der Waals surface area contributed by atoms with Gasteiger partial charge in [-0.3, -0.25) is 0 Å². The second-order valence-electron chi connectivity index (χ2n) is 4.11. The van der Waals surface area contributed by atoms with E-state index in [1.807, 2.05) is 14.0 Å². The van der Waals surface area contributed by atoms with Crippen LogP contribution in [-0.4, -0.2) is 55.6 Å². The Morgan fingerprint density at radius 3 is 2.79 bits per heavy atom. The van der Waals surface area contributed by atoms with Crippen molar-refractivity contribution in [3.05, 3.63) is 0 Å². The third-order valence-electron chi connectivity index (χ3n) is 2.80. The zero-order valence-corrected chi connectivity index (χ0v) is 9.36. The highest BCUT2D eigenvalue weighted by Gasteiger charge is 2.27. The van der Waals surface area contributed by atoms with E-state index in [4.69, 9.17) is 4.74 Å². The molecule has 1 fully saturated rings. The number of aliphatic hydroxyl groups is 1. The van der Waals surface area contributed by atoms with Crippen LogP contribution in [0.3, 0.4) is 0 Å². The van der Waals surface area contributed by atoms with E-state index in [1.54, 1.807) is 0 Å². The lowest BCUT2D eigenvalue weighted by Gasteiger charge is -2.36. The van der Waals surface area contributed by atoms with Gasteiger partial charge in [0.2, 0.25) is 0 Å². The predicted molar refractivity (Wildman–Crippen MR) is 56.1 cm³/mol. The molecule has 1 heterocycles. The smallest absolute Gasteiger partial charge is 0.156 e. The van der Waals surface area contributed by atoms with Crippen molar-refractivity contribution in [2.24, 2.45) is 0 Å². The molecule has 0 aromatic carbocycles. The van der Waals surface area contributed by atoms with Crippen molar-refractivity contribution < 1.29 is 9.84 Å². The van der Waals surface area contributed by atoms with E-state index in [-0.39, 0.29) is 6.10 Å². The van der Waals surface area contributed by atoms with Crippen molar-refractivity contribution >= 4 is 0 Å². The standard InChI is InChI=1S/C10H22N2O2/c1-8-6-9(7-10(13)14-8)12(3)5-4-11-2/h8-11,13H,4-7H2,1-3H3. The highest BCUT2D eigenvalue weighted by molar-refractivity contribution is 4.77. The van der Waals surface area contributed by atoms with Crippen LogP contribution in [0, 0.1) is 0 Å². The molecule has 1 saturated heterocycles. The Labute approximate surface area is 86.2 Å².